The summed E-state index contributed by atoms with van der Waals surface area (Å²) in [4.78, 5) is 2.38. The smallest absolute Gasteiger partial charge is 0.0900 e. The number of benzene rings is 1. The molecule has 4 aliphatic carbocycles. The van der Waals surface area contributed by atoms with Crippen LogP contribution in [0.3, 0.4) is 0 Å². The molecule has 0 saturated heterocycles. The number of hydrogen-bond acceptors (Lipinski definition) is 3. The lowest BCUT2D eigenvalue weighted by atomic mass is 9.94. The summed E-state index contributed by atoms with van der Waals surface area (Å²) in [6.45, 7) is 3.27. The monoisotopic (exact) mass is 313 g/mol. The van der Waals surface area contributed by atoms with Gasteiger partial charge in [-0.05, 0) is 61.0 Å². The minimum absolute atomic E-state index is 0.158. The Balaban J connectivity index is 1.15. The van der Waals surface area contributed by atoms with Gasteiger partial charge in [0, 0.05) is 19.6 Å². The number of ether oxygens (including phenoxy) is 1. The second-order valence-corrected chi connectivity index (χ2v) is 8.38. The molecule has 0 radical (unpaired) electrons. The Morgan fingerprint density at radius 2 is 1.91 bits per heavy atom. The molecule has 1 aromatic carbocycles. The number of β-amino-alcohol motifs (C(OH)–C–C–N with tert-alkyl or cyclic N) is 1. The lowest BCUT2D eigenvalue weighted by molar-refractivity contribution is -0.0924. The quantitative estimate of drug-likeness (QED) is 0.907. The first kappa shape index (κ1) is 14.4. The molecule has 23 heavy (non-hydrogen) atoms. The van der Waals surface area contributed by atoms with Crippen molar-refractivity contribution in [2.45, 2.75) is 50.4 Å². The van der Waals surface area contributed by atoms with Gasteiger partial charge in [0.1, 0.15) is 0 Å². The van der Waals surface area contributed by atoms with Crippen molar-refractivity contribution in [3.8, 4) is 0 Å². The molecule has 0 amide bonds. The van der Waals surface area contributed by atoms with Crippen LogP contribution in [0.4, 0.5) is 0 Å². The Kier molecular flexibility index (Phi) is 3.33. The van der Waals surface area contributed by atoms with Crippen LogP contribution in [-0.4, -0.2) is 41.4 Å². The molecule has 4 saturated carbocycles. The van der Waals surface area contributed by atoms with Gasteiger partial charge in [-0.1, -0.05) is 24.3 Å². The van der Waals surface area contributed by atoms with Crippen LogP contribution in [0, 0.1) is 17.8 Å². The van der Waals surface area contributed by atoms with Gasteiger partial charge in [-0.3, -0.25) is 4.90 Å². The van der Waals surface area contributed by atoms with Gasteiger partial charge in [0.25, 0.3) is 0 Å². The zero-order valence-corrected chi connectivity index (χ0v) is 13.8. The number of fused-ring (bicyclic) bond motifs is 1. The van der Waals surface area contributed by atoms with Crippen molar-refractivity contribution < 1.29 is 9.84 Å². The van der Waals surface area contributed by atoms with Crippen LogP contribution in [-0.2, 0) is 17.7 Å². The van der Waals surface area contributed by atoms with E-state index in [0.29, 0.717) is 6.61 Å². The first-order chi connectivity index (χ1) is 11.2. The lowest BCUT2D eigenvalue weighted by Gasteiger charge is -2.33. The average molecular weight is 313 g/mol. The van der Waals surface area contributed by atoms with Crippen molar-refractivity contribution >= 4 is 0 Å². The van der Waals surface area contributed by atoms with E-state index in [2.05, 4.69) is 29.2 Å². The van der Waals surface area contributed by atoms with Gasteiger partial charge >= 0.3 is 0 Å². The first-order valence-corrected chi connectivity index (χ1v) is 9.33. The SMILES string of the molecule is OC(COC12CC3CC1CC3C2)CN1CCc2ccccc2C1. The minimum atomic E-state index is -0.355. The highest BCUT2D eigenvalue weighted by atomic mass is 16.5. The second-order valence-electron chi connectivity index (χ2n) is 8.38. The largest absolute Gasteiger partial charge is 0.389 e. The Morgan fingerprint density at radius 1 is 1.17 bits per heavy atom. The fourth-order valence-corrected chi connectivity index (χ4v) is 6.00. The molecule has 1 aromatic rings. The normalized spacial score (nSPS) is 39.1. The van der Waals surface area contributed by atoms with Gasteiger partial charge in [0.2, 0.25) is 0 Å². The molecule has 3 nitrogen and oxygen atoms in total. The molecule has 3 unspecified atom stereocenters. The van der Waals surface area contributed by atoms with Crippen LogP contribution < -0.4 is 0 Å². The van der Waals surface area contributed by atoms with Crippen molar-refractivity contribution in [1.29, 1.82) is 0 Å². The summed E-state index contributed by atoms with van der Waals surface area (Å²) in [5.41, 5.74) is 3.04. The van der Waals surface area contributed by atoms with E-state index in [-0.39, 0.29) is 11.7 Å². The summed E-state index contributed by atoms with van der Waals surface area (Å²) in [7, 11) is 0. The van der Waals surface area contributed by atoms with Crippen molar-refractivity contribution in [3.05, 3.63) is 35.4 Å². The first-order valence-electron chi connectivity index (χ1n) is 9.33. The third kappa shape index (κ3) is 2.36. The van der Waals surface area contributed by atoms with Gasteiger partial charge in [-0.25, -0.2) is 0 Å². The van der Waals surface area contributed by atoms with Gasteiger partial charge in [0.05, 0.1) is 18.3 Å². The fraction of sp³-hybridized carbons (Fsp3) is 0.700. The molecule has 1 heterocycles. The Hall–Kier alpha value is -0.900. The molecular weight excluding hydrogens is 286 g/mol. The van der Waals surface area contributed by atoms with Crippen molar-refractivity contribution in [2.75, 3.05) is 19.7 Å². The summed E-state index contributed by atoms with van der Waals surface area (Å²) in [6.07, 6.45) is 6.07. The maximum atomic E-state index is 10.5. The molecule has 1 N–H and O–H groups in total. The highest BCUT2D eigenvalue weighted by Gasteiger charge is 2.63. The van der Waals surface area contributed by atoms with E-state index in [1.54, 1.807) is 0 Å². The molecule has 5 aliphatic rings. The second kappa shape index (κ2) is 5.30. The van der Waals surface area contributed by atoms with Crippen molar-refractivity contribution in [1.82, 2.24) is 4.90 Å². The van der Waals surface area contributed by atoms with E-state index in [1.807, 2.05) is 0 Å². The summed E-state index contributed by atoms with van der Waals surface area (Å²) in [5, 5.41) is 10.5. The van der Waals surface area contributed by atoms with Crippen molar-refractivity contribution in [3.63, 3.8) is 0 Å². The van der Waals surface area contributed by atoms with E-state index in [4.69, 9.17) is 4.74 Å². The fourth-order valence-electron chi connectivity index (χ4n) is 6.00. The van der Waals surface area contributed by atoms with Crippen LogP contribution >= 0.6 is 0 Å². The molecular formula is C20H27NO2. The number of nitrogens with zero attached hydrogens (tertiary/aromatic N) is 1. The molecule has 4 fully saturated rings. The van der Waals surface area contributed by atoms with Crippen LogP contribution in [0.25, 0.3) is 0 Å². The molecule has 4 bridgehead atoms. The Bertz CT molecular complexity index is 587. The molecule has 3 atom stereocenters. The van der Waals surface area contributed by atoms with Crippen LogP contribution in [0.2, 0.25) is 0 Å². The van der Waals surface area contributed by atoms with E-state index < -0.39 is 0 Å². The average Bonchev–Trinajstić information content (AvgIpc) is 3.27. The van der Waals surface area contributed by atoms with Gasteiger partial charge < -0.3 is 9.84 Å². The standard InChI is InChI=1S/C20H27NO2/c22-19(12-21-6-5-14-3-1-2-4-15(14)11-21)13-23-20-9-16-7-18(20)8-17(16)10-20/h1-4,16-19,22H,5-13H2. The van der Waals surface area contributed by atoms with E-state index in [9.17, 15) is 5.11 Å². The number of aliphatic hydroxyl groups is 1. The van der Waals surface area contributed by atoms with Crippen LogP contribution in [0.1, 0.15) is 36.8 Å². The minimum Gasteiger partial charge on any atom is -0.389 e. The maximum absolute atomic E-state index is 10.5. The molecule has 6 rings (SSSR count). The highest BCUT2D eigenvalue weighted by Crippen LogP contribution is 2.66. The number of hydrogen-bond donors (Lipinski definition) is 1. The van der Waals surface area contributed by atoms with Gasteiger partial charge in [-0.15, -0.1) is 0 Å². The van der Waals surface area contributed by atoms with E-state index in [0.717, 1.165) is 43.8 Å². The number of rotatable bonds is 5. The predicted octanol–water partition coefficient (Wildman–Crippen LogP) is 2.61. The molecule has 0 spiro atoms. The van der Waals surface area contributed by atoms with Gasteiger partial charge in [0.15, 0.2) is 0 Å². The summed E-state index contributed by atoms with van der Waals surface area (Å²) in [5.74, 6) is 2.68. The topological polar surface area (TPSA) is 32.7 Å². The summed E-state index contributed by atoms with van der Waals surface area (Å²) in [6, 6.07) is 8.68. The van der Waals surface area contributed by atoms with Crippen LogP contribution in [0.5, 0.6) is 0 Å². The third-order valence-corrected chi connectivity index (χ3v) is 7.04. The van der Waals surface area contributed by atoms with E-state index >= 15 is 0 Å². The Labute approximate surface area is 138 Å². The Morgan fingerprint density at radius 3 is 2.61 bits per heavy atom. The molecule has 0 aromatic heterocycles. The van der Waals surface area contributed by atoms with E-state index in [1.165, 1.54) is 36.8 Å². The molecule has 124 valence electrons. The lowest BCUT2D eigenvalue weighted by Crippen LogP contribution is -2.41. The van der Waals surface area contributed by atoms with Gasteiger partial charge in [-0.2, -0.15) is 0 Å². The van der Waals surface area contributed by atoms with Crippen molar-refractivity contribution in [2.24, 2.45) is 17.8 Å². The molecule has 3 heteroatoms. The summed E-state index contributed by atoms with van der Waals surface area (Å²) < 4.78 is 6.33. The predicted molar refractivity (Wildman–Crippen MR) is 89.1 cm³/mol. The zero-order chi connectivity index (χ0) is 15.4. The summed E-state index contributed by atoms with van der Waals surface area (Å²) >= 11 is 0. The highest BCUT2D eigenvalue weighted by molar-refractivity contribution is 5.29. The number of aliphatic hydroxyl groups excluding tert-OH is 1. The zero-order valence-electron chi connectivity index (χ0n) is 13.8. The maximum Gasteiger partial charge on any atom is 0.0900 e. The van der Waals surface area contributed by atoms with Crippen LogP contribution in [0.15, 0.2) is 24.3 Å². The third-order valence-electron chi connectivity index (χ3n) is 7.04. The molecule has 1 aliphatic heterocycles.